The Morgan fingerprint density at radius 3 is 2.78 bits per heavy atom. The highest BCUT2D eigenvalue weighted by Gasteiger charge is 2.27. The van der Waals surface area contributed by atoms with E-state index in [1.807, 2.05) is 49.5 Å². The van der Waals surface area contributed by atoms with Gasteiger partial charge in [0, 0.05) is 18.8 Å². The zero-order valence-corrected chi connectivity index (χ0v) is 15.8. The lowest BCUT2D eigenvalue weighted by Gasteiger charge is -2.32. The van der Waals surface area contributed by atoms with Crippen LogP contribution in [0.2, 0.25) is 0 Å². The lowest BCUT2D eigenvalue weighted by atomic mass is 9.96. The van der Waals surface area contributed by atoms with Crippen molar-refractivity contribution in [3.8, 4) is 0 Å². The summed E-state index contributed by atoms with van der Waals surface area (Å²) in [5.74, 6) is 0.881. The number of nitrogens with one attached hydrogen (secondary N) is 1. The van der Waals surface area contributed by atoms with Crippen molar-refractivity contribution in [1.82, 2.24) is 9.97 Å². The van der Waals surface area contributed by atoms with Gasteiger partial charge in [-0.2, -0.15) is 0 Å². The Morgan fingerprint density at radius 2 is 1.93 bits per heavy atom. The molecule has 0 spiro atoms. The van der Waals surface area contributed by atoms with Crippen LogP contribution in [0.4, 0.5) is 11.5 Å². The molecule has 1 unspecified atom stereocenters. The van der Waals surface area contributed by atoms with E-state index in [1.165, 1.54) is 5.56 Å². The molecule has 0 radical (unpaired) electrons. The normalized spacial score (nSPS) is 17.1. The number of fused-ring (bicyclic) bond motifs is 1. The van der Waals surface area contributed by atoms with Gasteiger partial charge in [-0.3, -0.25) is 9.78 Å². The first-order valence-corrected chi connectivity index (χ1v) is 9.45. The van der Waals surface area contributed by atoms with Gasteiger partial charge in [-0.1, -0.05) is 24.3 Å². The smallest absolute Gasteiger partial charge is 0.229 e. The molecule has 0 saturated carbocycles. The number of aryl methyl sites for hydroxylation is 1. The van der Waals surface area contributed by atoms with Gasteiger partial charge in [-0.05, 0) is 56.0 Å². The Balaban J connectivity index is 1.50. The Kier molecular flexibility index (Phi) is 4.75. The monoisotopic (exact) mass is 360 g/mol. The number of para-hydroxylation sites is 2. The maximum absolute atomic E-state index is 12.8. The molecule has 1 N–H and O–H groups in total. The number of carbonyl (C=O) groups excluding carboxylic acids is 1. The van der Waals surface area contributed by atoms with Crippen LogP contribution in [0.3, 0.4) is 0 Å². The number of anilines is 2. The largest absolute Gasteiger partial charge is 0.355 e. The van der Waals surface area contributed by atoms with E-state index in [2.05, 4.69) is 28.2 Å². The Hall–Kier alpha value is -2.95. The summed E-state index contributed by atoms with van der Waals surface area (Å²) in [7, 11) is 0. The fraction of sp³-hybridized carbons (Fsp3) is 0.318. The second-order valence-electron chi connectivity index (χ2n) is 7.24. The van der Waals surface area contributed by atoms with Crippen molar-refractivity contribution in [3.63, 3.8) is 0 Å². The van der Waals surface area contributed by atoms with Crippen LogP contribution in [0.5, 0.6) is 0 Å². The third-order valence-electron chi connectivity index (χ3n) is 5.41. The van der Waals surface area contributed by atoms with Crippen molar-refractivity contribution in [3.05, 3.63) is 59.8 Å². The van der Waals surface area contributed by atoms with E-state index in [9.17, 15) is 4.79 Å². The van der Waals surface area contributed by atoms with Crippen molar-refractivity contribution in [2.24, 2.45) is 5.92 Å². The molecule has 0 bridgehead atoms. The van der Waals surface area contributed by atoms with Gasteiger partial charge in [-0.15, -0.1) is 0 Å². The second-order valence-corrected chi connectivity index (χ2v) is 7.24. The number of carbonyl (C=O) groups is 1. The molecule has 3 aromatic rings. The Labute approximate surface area is 159 Å². The highest BCUT2D eigenvalue weighted by molar-refractivity contribution is 5.94. The maximum Gasteiger partial charge on any atom is 0.229 e. The first kappa shape index (κ1) is 17.5. The molecule has 0 aliphatic carbocycles. The molecule has 1 aromatic heterocycles. The van der Waals surface area contributed by atoms with Crippen LogP contribution in [0.25, 0.3) is 11.0 Å². The standard InChI is InChI=1S/C22H24N4O/c1-15-7-5-11-18(16(15)2)25-22(27)17-8-6-12-26(14-17)21-13-23-19-9-3-4-10-20(19)24-21/h3-5,7,9-11,13,17H,6,8,12,14H2,1-2H3,(H,25,27). The highest BCUT2D eigenvalue weighted by Crippen LogP contribution is 2.25. The average molecular weight is 360 g/mol. The predicted octanol–water partition coefficient (Wildman–Crippen LogP) is 4.10. The summed E-state index contributed by atoms with van der Waals surface area (Å²) in [6.45, 7) is 5.68. The van der Waals surface area contributed by atoms with Gasteiger partial charge < -0.3 is 10.2 Å². The first-order chi connectivity index (χ1) is 13.1. The van der Waals surface area contributed by atoms with Crippen molar-refractivity contribution < 1.29 is 4.79 Å². The van der Waals surface area contributed by atoms with Gasteiger partial charge in [-0.25, -0.2) is 4.98 Å². The number of nitrogens with zero attached hydrogens (tertiary/aromatic N) is 3. The van der Waals surface area contributed by atoms with Gasteiger partial charge in [0.15, 0.2) is 0 Å². The second kappa shape index (κ2) is 7.35. The van der Waals surface area contributed by atoms with E-state index in [1.54, 1.807) is 0 Å². The summed E-state index contributed by atoms with van der Waals surface area (Å²) in [5.41, 5.74) is 4.99. The minimum absolute atomic E-state index is 0.0491. The van der Waals surface area contributed by atoms with Crippen LogP contribution in [0, 0.1) is 19.8 Å². The van der Waals surface area contributed by atoms with E-state index in [-0.39, 0.29) is 11.8 Å². The number of aromatic nitrogens is 2. The molecule has 5 heteroatoms. The first-order valence-electron chi connectivity index (χ1n) is 9.45. The molecule has 1 fully saturated rings. The molecule has 138 valence electrons. The van der Waals surface area contributed by atoms with Crippen LogP contribution >= 0.6 is 0 Å². The predicted molar refractivity (Wildman–Crippen MR) is 109 cm³/mol. The van der Waals surface area contributed by atoms with Crippen LogP contribution in [0.1, 0.15) is 24.0 Å². The summed E-state index contributed by atoms with van der Waals surface area (Å²) in [6.07, 6.45) is 3.68. The quantitative estimate of drug-likeness (QED) is 0.764. The molecule has 2 heterocycles. The number of hydrogen-bond donors (Lipinski definition) is 1. The summed E-state index contributed by atoms with van der Waals surface area (Å²) in [5, 5.41) is 3.12. The number of amides is 1. The molecule has 4 rings (SSSR count). The van der Waals surface area contributed by atoms with E-state index in [4.69, 9.17) is 4.98 Å². The molecular weight excluding hydrogens is 336 g/mol. The van der Waals surface area contributed by atoms with Crippen LogP contribution in [-0.2, 0) is 4.79 Å². The molecular formula is C22H24N4O. The summed E-state index contributed by atoms with van der Waals surface area (Å²) >= 11 is 0. The topological polar surface area (TPSA) is 58.1 Å². The van der Waals surface area contributed by atoms with Gasteiger partial charge >= 0.3 is 0 Å². The van der Waals surface area contributed by atoms with Crippen molar-refractivity contribution in [1.29, 1.82) is 0 Å². The fourth-order valence-corrected chi connectivity index (χ4v) is 3.62. The maximum atomic E-state index is 12.8. The van der Waals surface area contributed by atoms with E-state index in [0.717, 1.165) is 47.5 Å². The minimum atomic E-state index is -0.0491. The molecule has 1 amide bonds. The average Bonchev–Trinajstić information content (AvgIpc) is 2.71. The van der Waals surface area contributed by atoms with Crippen molar-refractivity contribution >= 4 is 28.4 Å². The zero-order chi connectivity index (χ0) is 18.8. The number of piperidine rings is 1. The molecule has 1 atom stereocenters. The fourth-order valence-electron chi connectivity index (χ4n) is 3.62. The number of hydrogen-bond acceptors (Lipinski definition) is 4. The minimum Gasteiger partial charge on any atom is -0.355 e. The summed E-state index contributed by atoms with van der Waals surface area (Å²) in [6, 6.07) is 13.9. The van der Waals surface area contributed by atoms with Gasteiger partial charge in [0.2, 0.25) is 5.91 Å². The summed E-state index contributed by atoms with van der Waals surface area (Å²) < 4.78 is 0. The molecule has 1 aliphatic heterocycles. The van der Waals surface area contributed by atoms with E-state index in [0.29, 0.717) is 6.54 Å². The third kappa shape index (κ3) is 3.63. The number of rotatable bonds is 3. The molecule has 1 aliphatic rings. The molecule has 1 saturated heterocycles. The molecule has 2 aromatic carbocycles. The molecule has 27 heavy (non-hydrogen) atoms. The SMILES string of the molecule is Cc1cccc(NC(=O)C2CCCN(c3cnc4ccccc4n3)C2)c1C. The lowest BCUT2D eigenvalue weighted by molar-refractivity contribution is -0.120. The van der Waals surface area contributed by atoms with Gasteiger partial charge in [0.05, 0.1) is 23.1 Å². The van der Waals surface area contributed by atoms with Crippen LogP contribution in [0.15, 0.2) is 48.7 Å². The highest BCUT2D eigenvalue weighted by atomic mass is 16.1. The van der Waals surface area contributed by atoms with Crippen LogP contribution < -0.4 is 10.2 Å². The van der Waals surface area contributed by atoms with Crippen LogP contribution in [-0.4, -0.2) is 29.0 Å². The van der Waals surface area contributed by atoms with E-state index < -0.39 is 0 Å². The van der Waals surface area contributed by atoms with Crippen molar-refractivity contribution in [2.45, 2.75) is 26.7 Å². The Bertz CT molecular complexity index is 985. The lowest BCUT2D eigenvalue weighted by Crippen LogP contribution is -2.41. The third-order valence-corrected chi connectivity index (χ3v) is 5.41. The van der Waals surface area contributed by atoms with Crippen molar-refractivity contribution in [2.75, 3.05) is 23.3 Å². The number of benzene rings is 2. The van der Waals surface area contributed by atoms with Gasteiger partial charge in [0.25, 0.3) is 0 Å². The Morgan fingerprint density at radius 1 is 1.11 bits per heavy atom. The zero-order valence-electron chi connectivity index (χ0n) is 15.8. The van der Waals surface area contributed by atoms with Gasteiger partial charge in [0.1, 0.15) is 5.82 Å². The summed E-state index contributed by atoms with van der Waals surface area (Å²) in [4.78, 5) is 24.3. The van der Waals surface area contributed by atoms with E-state index >= 15 is 0 Å². The molecule has 5 nitrogen and oxygen atoms in total.